The van der Waals surface area contributed by atoms with Gasteiger partial charge in [-0.2, -0.15) is 0 Å². The van der Waals surface area contributed by atoms with E-state index in [-0.39, 0.29) is 11.1 Å². The van der Waals surface area contributed by atoms with E-state index >= 15 is 0 Å². The summed E-state index contributed by atoms with van der Waals surface area (Å²) in [7, 11) is 1.44. The van der Waals surface area contributed by atoms with E-state index in [0.717, 1.165) is 25.0 Å². The average molecular weight is 336 g/mol. The summed E-state index contributed by atoms with van der Waals surface area (Å²) >= 11 is 0. The van der Waals surface area contributed by atoms with Gasteiger partial charge in [0, 0.05) is 13.2 Å². The van der Waals surface area contributed by atoms with E-state index in [1.54, 1.807) is 0 Å². The van der Waals surface area contributed by atoms with Crippen molar-refractivity contribution >= 4 is 16.8 Å². The van der Waals surface area contributed by atoms with Crippen LogP contribution in [0.25, 0.3) is 10.9 Å². The van der Waals surface area contributed by atoms with Crippen molar-refractivity contribution in [2.24, 2.45) is 7.05 Å². The van der Waals surface area contributed by atoms with Crippen LogP contribution in [-0.2, 0) is 7.05 Å². The number of hydrogen-bond acceptors (Lipinski definition) is 3. The second-order valence-electron chi connectivity index (χ2n) is 6.17. The molecule has 0 bridgehead atoms. The summed E-state index contributed by atoms with van der Waals surface area (Å²) in [5.74, 6) is -2.30. The molecule has 0 radical (unpaired) electrons. The van der Waals surface area contributed by atoms with Crippen LogP contribution < -0.4 is 10.7 Å². The zero-order valence-electron chi connectivity index (χ0n) is 13.2. The van der Waals surface area contributed by atoms with Gasteiger partial charge in [0.2, 0.25) is 5.43 Å². The van der Waals surface area contributed by atoms with Crippen molar-refractivity contribution in [1.82, 2.24) is 9.88 Å². The summed E-state index contributed by atoms with van der Waals surface area (Å²) < 4.78 is 29.1. The van der Waals surface area contributed by atoms with Gasteiger partial charge in [-0.1, -0.05) is 12.8 Å². The van der Waals surface area contributed by atoms with Crippen molar-refractivity contribution in [3.8, 4) is 0 Å². The van der Waals surface area contributed by atoms with Gasteiger partial charge < -0.3 is 15.0 Å². The standard InChI is InChI=1S/C17H18F2N2O3/c1-21-8-9(17(24)20-12-4-2-3-5-13(12)22)16(23)14-10(18)6-7-11(19)15(14)21/h6-8,12-13,22H,2-5H2,1H3,(H,20,24)/t12-,13?/m1/s1. The lowest BCUT2D eigenvalue weighted by atomic mass is 9.92. The molecular weight excluding hydrogens is 318 g/mol. The molecule has 1 unspecified atom stereocenters. The van der Waals surface area contributed by atoms with Crippen molar-refractivity contribution < 1.29 is 18.7 Å². The predicted molar refractivity (Wildman–Crippen MR) is 84.8 cm³/mol. The number of carbonyl (C=O) groups is 1. The number of amides is 1. The summed E-state index contributed by atoms with van der Waals surface area (Å²) in [6.45, 7) is 0. The fourth-order valence-corrected chi connectivity index (χ4v) is 3.24. The molecular formula is C17H18F2N2O3. The van der Waals surface area contributed by atoms with Gasteiger partial charge in [-0.3, -0.25) is 9.59 Å². The zero-order valence-corrected chi connectivity index (χ0v) is 13.2. The van der Waals surface area contributed by atoms with Crippen molar-refractivity contribution in [2.45, 2.75) is 37.8 Å². The molecule has 2 atom stereocenters. The van der Waals surface area contributed by atoms with Crippen molar-refractivity contribution in [2.75, 3.05) is 0 Å². The van der Waals surface area contributed by atoms with Gasteiger partial charge >= 0.3 is 0 Å². The van der Waals surface area contributed by atoms with Gasteiger partial charge in [0.15, 0.2) is 0 Å². The molecule has 1 aliphatic rings. The van der Waals surface area contributed by atoms with Crippen LogP contribution in [0, 0.1) is 11.6 Å². The Bertz CT molecular complexity index is 863. The lowest BCUT2D eigenvalue weighted by Gasteiger charge is -2.28. The summed E-state index contributed by atoms with van der Waals surface area (Å²) in [5, 5.41) is 12.1. The molecule has 1 saturated carbocycles. The molecule has 2 N–H and O–H groups in total. The first-order valence-corrected chi connectivity index (χ1v) is 7.86. The minimum atomic E-state index is -0.876. The van der Waals surface area contributed by atoms with Crippen LogP contribution in [0.5, 0.6) is 0 Å². The van der Waals surface area contributed by atoms with Crippen molar-refractivity contribution in [3.63, 3.8) is 0 Å². The number of aliphatic hydroxyl groups is 1. The van der Waals surface area contributed by atoms with Crippen LogP contribution in [0.15, 0.2) is 23.1 Å². The Morgan fingerprint density at radius 2 is 1.92 bits per heavy atom. The Morgan fingerprint density at radius 1 is 1.25 bits per heavy atom. The van der Waals surface area contributed by atoms with Crippen LogP contribution in [0.4, 0.5) is 8.78 Å². The van der Waals surface area contributed by atoms with Crippen LogP contribution >= 0.6 is 0 Å². The van der Waals surface area contributed by atoms with E-state index in [1.165, 1.54) is 17.8 Å². The molecule has 1 aromatic heterocycles. The molecule has 24 heavy (non-hydrogen) atoms. The highest BCUT2D eigenvalue weighted by molar-refractivity contribution is 5.97. The summed E-state index contributed by atoms with van der Waals surface area (Å²) in [4.78, 5) is 24.9. The first kappa shape index (κ1) is 16.6. The minimum absolute atomic E-state index is 0.186. The third-order valence-corrected chi connectivity index (χ3v) is 4.52. The van der Waals surface area contributed by atoms with Crippen molar-refractivity contribution in [3.05, 3.63) is 45.8 Å². The average Bonchev–Trinajstić information content (AvgIpc) is 2.55. The van der Waals surface area contributed by atoms with E-state index in [9.17, 15) is 23.5 Å². The number of nitrogens with zero attached hydrogens (tertiary/aromatic N) is 1. The maximum Gasteiger partial charge on any atom is 0.257 e. The molecule has 0 aliphatic heterocycles. The number of aryl methyl sites for hydroxylation is 1. The lowest BCUT2D eigenvalue weighted by Crippen LogP contribution is -2.46. The topological polar surface area (TPSA) is 71.3 Å². The molecule has 1 amide bonds. The SMILES string of the molecule is Cn1cc(C(=O)N[C@@H]2CCCCC2O)c(=O)c2c(F)ccc(F)c21. The summed E-state index contributed by atoms with van der Waals surface area (Å²) in [6.07, 6.45) is 3.48. The van der Waals surface area contributed by atoms with E-state index in [1.807, 2.05) is 0 Å². The molecule has 1 heterocycles. The quantitative estimate of drug-likeness (QED) is 0.879. The fourth-order valence-electron chi connectivity index (χ4n) is 3.24. The normalized spacial score (nSPS) is 21.0. The van der Waals surface area contributed by atoms with Crippen LogP contribution in [0.2, 0.25) is 0 Å². The molecule has 1 fully saturated rings. The number of hydrogen-bond donors (Lipinski definition) is 2. The summed E-state index contributed by atoms with van der Waals surface area (Å²) in [6, 6.07) is 1.37. The lowest BCUT2D eigenvalue weighted by molar-refractivity contribution is 0.0716. The van der Waals surface area contributed by atoms with Gasteiger partial charge in [0.1, 0.15) is 17.2 Å². The Hall–Kier alpha value is -2.28. The highest BCUT2D eigenvalue weighted by atomic mass is 19.1. The van der Waals surface area contributed by atoms with E-state index in [4.69, 9.17) is 0 Å². The minimum Gasteiger partial charge on any atom is -0.391 e. The largest absolute Gasteiger partial charge is 0.391 e. The van der Waals surface area contributed by atoms with Gasteiger partial charge in [0.25, 0.3) is 5.91 Å². The van der Waals surface area contributed by atoms with E-state index in [2.05, 4.69) is 5.32 Å². The van der Waals surface area contributed by atoms with Crippen LogP contribution in [-0.4, -0.2) is 27.7 Å². The van der Waals surface area contributed by atoms with Gasteiger partial charge in [0.05, 0.1) is 23.0 Å². The number of aromatic nitrogens is 1. The second kappa shape index (κ2) is 6.32. The molecule has 0 saturated heterocycles. The highest BCUT2D eigenvalue weighted by Gasteiger charge is 2.26. The number of fused-ring (bicyclic) bond motifs is 1. The predicted octanol–water partition coefficient (Wildman–Crippen LogP) is 1.85. The number of pyridine rings is 1. The summed E-state index contributed by atoms with van der Waals surface area (Å²) in [5.41, 5.74) is -1.32. The zero-order chi connectivity index (χ0) is 17.4. The molecule has 7 heteroatoms. The first-order chi connectivity index (χ1) is 11.4. The molecule has 1 aliphatic carbocycles. The van der Waals surface area contributed by atoms with Gasteiger partial charge in [-0.15, -0.1) is 0 Å². The van der Waals surface area contributed by atoms with Crippen LogP contribution in [0.3, 0.4) is 0 Å². The number of benzene rings is 1. The molecule has 2 aromatic rings. The molecule has 5 nitrogen and oxygen atoms in total. The fraction of sp³-hybridized carbons (Fsp3) is 0.412. The number of halogens is 2. The van der Waals surface area contributed by atoms with Gasteiger partial charge in [-0.05, 0) is 25.0 Å². The monoisotopic (exact) mass is 336 g/mol. The second-order valence-corrected chi connectivity index (χ2v) is 6.17. The Kier molecular flexibility index (Phi) is 4.36. The van der Waals surface area contributed by atoms with Gasteiger partial charge in [-0.25, -0.2) is 8.78 Å². The number of nitrogens with one attached hydrogen (secondary N) is 1. The third kappa shape index (κ3) is 2.80. The molecule has 3 rings (SSSR count). The number of aliphatic hydroxyl groups excluding tert-OH is 1. The van der Waals surface area contributed by atoms with Crippen LogP contribution in [0.1, 0.15) is 36.0 Å². The Balaban J connectivity index is 2.04. The number of rotatable bonds is 2. The number of carbonyl (C=O) groups excluding carboxylic acids is 1. The van der Waals surface area contributed by atoms with E-state index < -0.39 is 40.5 Å². The van der Waals surface area contributed by atoms with Crippen molar-refractivity contribution in [1.29, 1.82) is 0 Å². The molecule has 0 spiro atoms. The Morgan fingerprint density at radius 3 is 2.62 bits per heavy atom. The highest BCUT2D eigenvalue weighted by Crippen LogP contribution is 2.20. The first-order valence-electron chi connectivity index (χ1n) is 7.86. The third-order valence-electron chi connectivity index (χ3n) is 4.52. The molecule has 1 aromatic carbocycles. The smallest absolute Gasteiger partial charge is 0.257 e. The maximum atomic E-state index is 14.0. The van der Waals surface area contributed by atoms with E-state index in [0.29, 0.717) is 12.8 Å². The maximum absolute atomic E-state index is 14.0. The Labute approximate surface area is 136 Å². The molecule has 128 valence electrons.